The van der Waals surface area contributed by atoms with Crippen LogP contribution in [0.3, 0.4) is 0 Å². The van der Waals surface area contributed by atoms with Crippen molar-refractivity contribution < 1.29 is 0 Å². The van der Waals surface area contributed by atoms with Gasteiger partial charge in [-0.1, -0.05) is 24.3 Å². The Morgan fingerprint density at radius 3 is 2.35 bits per heavy atom. The Morgan fingerprint density at radius 1 is 1.12 bits per heavy atom. The van der Waals surface area contributed by atoms with Crippen molar-refractivity contribution in [3.05, 3.63) is 35.4 Å². The van der Waals surface area contributed by atoms with E-state index in [1.807, 2.05) is 0 Å². The molecule has 2 nitrogen and oxygen atoms in total. The van der Waals surface area contributed by atoms with E-state index in [9.17, 15) is 0 Å². The molecule has 2 atom stereocenters. The minimum Gasteiger partial charge on any atom is -0.330 e. The first kappa shape index (κ1) is 11.2. The van der Waals surface area contributed by atoms with Crippen molar-refractivity contribution in [1.82, 2.24) is 4.90 Å². The summed E-state index contributed by atoms with van der Waals surface area (Å²) in [6.45, 7) is 1.98. The molecule has 0 aromatic heterocycles. The Bertz CT molecular complexity index is 380. The van der Waals surface area contributed by atoms with E-state index < -0.39 is 0 Å². The molecule has 3 rings (SSSR count). The molecule has 0 radical (unpaired) electrons. The fourth-order valence-corrected chi connectivity index (χ4v) is 3.18. The van der Waals surface area contributed by atoms with Crippen LogP contribution in [-0.4, -0.2) is 25.0 Å². The van der Waals surface area contributed by atoms with Crippen LogP contribution in [0.5, 0.6) is 0 Å². The third-order valence-electron chi connectivity index (χ3n) is 4.40. The van der Waals surface area contributed by atoms with E-state index in [1.165, 1.54) is 36.9 Å². The highest BCUT2D eigenvalue weighted by molar-refractivity contribution is 5.30. The lowest BCUT2D eigenvalue weighted by Gasteiger charge is -2.25. The smallest absolute Gasteiger partial charge is 0.0385 e. The number of likely N-dealkylation sites (tertiary alicyclic amines) is 1. The molecule has 2 heteroatoms. The van der Waals surface area contributed by atoms with Gasteiger partial charge in [-0.25, -0.2) is 0 Å². The average molecular weight is 230 g/mol. The zero-order valence-corrected chi connectivity index (χ0v) is 10.6. The molecule has 0 spiro atoms. The van der Waals surface area contributed by atoms with E-state index in [2.05, 4.69) is 36.2 Å². The third kappa shape index (κ3) is 2.12. The maximum absolute atomic E-state index is 5.89. The minimum atomic E-state index is 0.535. The molecule has 17 heavy (non-hydrogen) atoms. The summed E-state index contributed by atoms with van der Waals surface area (Å²) in [6.07, 6.45) is 4.00. The highest BCUT2D eigenvalue weighted by Gasteiger charge is 2.32. The number of rotatable bonds is 3. The standard InChI is InChI=1S/C15H22N2/c1-17-9-8-14(10-16)15(17)13-6-4-12(5-7-13)11-2-3-11/h4-7,11,14-15H,2-3,8-10,16H2,1H3. The molecule has 2 N–H and O–H groups in total. The summed E-state index contributed by atoms with van der Waals surface area (Å²) in [5, 5.41) is 0. The minimum absolute atomic E-state index is 0.535. The molecule has 1 aliphatic carbocycles. The summed E-state index contributed by atoms with van der Waals surface area (Å²) in [6, 6.07) is 9.83. The summed E-state index contributed by atoms with van der Waals surface area (Å²) in [5.41, 5.74) is 8.86. The molecule has 1 aromatic carbocycles. The quantitative estimate of drug-likeness (QED) is 0.864. The number of hydrogen-bond acceptors (Lipinski definition) is 2. The van der Waals surface area contributed by atoms with E-state index in [4.69, 9.17) is 5.73 Å². The van der Waals surface area contributed by atoms with Crippen molar-refractivity contribution in [3.8, 4) is 0 Å². The van der Waals surface area contributed by atoms with Crippen molar-refractivity contribution in [2.75, 3.05) is 20.1 Å². The first-order valence-corrected chi connectivity index (χ1v) is 6.79. The van der Waals surface area contributed by atoms with Crippen LogP contribution < -0.4 is 5.73 Å². The van der Waals surface area contributed by atoms with Gasteiger partial charge in [0.2, 0.25) is 0 Å². The maximum Gasteiger partial charge on any atom is 0.0385 e. The average Bonchev–Trinajstić information content (AvgIpc) is 3.13. The fraction of sp³-hybridized carbons (Fsp3) is 0.600. The second-order valence-corrected chi connectivity index (χ2v) is 5.65. The molecule has 2 fully saturated rings. The van der Waals surface area contributed by atoms with E-state index in [0.717, 1.165) is 12.5 Å². The van der Waals surface area contributed by atoms with Gasteiger partial charge in [-0.3, -0.25) is 4.90 Å². The van der Waals surface area contributed by atoms with Gasteiger partial charge in [-0.05, 0) is 62.4 Å². The largest absolute Gasteiger partial charge is 0.330 e. The van der Waals surface area contributed by atoms with Gasteiger partial charge in [-0.15, -0.1) is 0 Å². The summed E-state index contributed by atoms with van der Waals surface area (Å²) < 4.78 is 0. The molecule has 1 heterocycles. The Hall–Kier alpha value is -0.860. The Morgan fingerprint density at radius 2 is 1.76 bits per heavy atom. The van der Waals surface area contributed by atoms with Crippen molar-refractivity contribution in [3.63, 3.8) is 0 Å². The van der Waals surface area contributed by atoms with E-state index >= 15 is 0 Å². The lowest BCUT2D eigenvalue weighted by atomic mass is 9.93. The first-order valence-electron chi connectivity index (χ1n) is 6.79. The van der Waals surface area contributed by atoms with E-state index in [0.29, 0.717) is 12.0 Å². The highest BCUT2D eigenvalue weighted by Crippen LogP contribution is 2.41. The number of nitrogens with two attached hydrogens (primary N) is 1. The number of nitrogens with zero attached hydrogens (tertiary/aromatic N) is 1. The molecule has 92 valence electrons. The van der Waals surface area contributed by atoms with Crippen molar-refractivity contribution in [1.29, 1.82) is 0 Å². The molecule has 1 aromatic rings. The zero-order chi connectivity index (χ0) is 11.8. The van der Waals surface area contributed by atoms with Gasteiger partial charge in [0.1, 0.15) is 0 Å². The molecule has 1 saturated heterocycles. The lowest BCUT2D eigenvalue weighted by Crippen LogP contribution is -2.25. The fourth-order valence-electron chi connectivity index (χ4n) is 3.18. The summed E-state index contributed by atoms with van der Waals surface area (Å²) in [7, 11) is 2.22. The van der Waals surface area contributed by atoms with Gasteiger partial charge >= 0.3 is 0 Å². The molecular weight excluding hydrogens is 208 g/mol. The third-order valence-corrected chi connectivity index (χ3v) is 4.40. The lowest BCUT2D eigenvalue weighted by molar-refractivity contribution is 0.279. The second kappa shape index (κ2) is 4.43. The molecule has 1 saturated carbocycles. The zero-order valence-electron chi connectivity index (χ0n) is 10.6. The van der Waals surface area contributed by atoms with Gasteiger partial charge in [0.15, 0.2) is 0 Å². The predicted octanol–water partition coefficient (Wildman–Crippen LogP) is 2.52. The molecule has 2 aliphatic rings. The van der Waals surface area contributed by atoms with E-state index in [1.54, 1.807) is 0 Å². The van der Waals surface area contributed by atoms with Gasteiger partial charge in [0.25, 0.3) is 0 Å². The van der Waals surface area contributed by atoms with Crippen LogP contribution in [0.15, 0.2) is 24.3 Å². The molecule has 1 aliphatic heterocycles. The number of benzene rings is 1. The molecule has 2 unspecified atom stereocenters. The van der Waals surface area contributed by atoms with Gasteiger partial charge in [0, 0.05) is 6.04 Å². The van der Waals surface area contributed by atoms with Crippen LogP contribution in [0.25, 0.3) is 0 Å². The summed E-state index contributed by atoms with van der Waals surface area (Å²) >= 11 is 0. The van der Waals surface area contributed by atoms with Gasteiger partial charge in [0.05, 0.1) is 0 Å². The van der Waals surface area contributed by atoms with Crippen molar-refractivity contribution in [2.45, 2.75) is 31.2 Å². The Balaban J connectivity index is 1.81. The molecular formula is C15H22N2. The number of hydrogen-bond donors (Lipinski definition) is 1. The van der Waals surface area contributed by atoms with Crippen molar-refractivity contribution >= 4 is 0 Å². The Labute approximate surface area is 104 Å². The van der Waals surface area contributed by atoms with Crippen LogP contribution in [0.4, 0.5) is 0 Å². The highest BCUT2D eigenvalue weighted by atomic mass is 15.2. The SMILES string of the molecule is CN1CCC(CN)C1c1ccc(C2CC2)cc1. The predicted molar refractivity (Wildman–Crippen MR) is 70.9 cm³/mol. The van der Waals surface area contributed by atoms with Gasteiger partial charge < -0.3 is 5.73 Å². The van der Waals surface area contributed by atoms with Crippen LogP contribution in [0, 0.1) is 5.92 Å². The van der Waals surface area contributed by atoms with Crippen molar-refractivity contribution in [2.24, 2.45) is 11.7 Å². The second-order valence-electron chi connectivity index (χ2n) is 5.65. The molecule has 0 bridgehead atoms. The molecule has 0 amide bonds. The topological polar surface area (TPSA) is 29.3 Å². The summed E-state index contributed by atoms with van der Waals surface area (Å²) in [5.74, 6) is 1.49. The van der Waals surface area contributed by atoms with Crippen LogP contribution in [-0.2, 0) is 0 Å². The maximum atomic E-state index is 5.89. The van der Waals surface area contributed by atoms with Crippen LogP contribution >= 0.6 is 0 Å². The van der Waals surface area contributed by atoms with Crippen LogP contribution in [0.1, 0.15) is 42.3 Å². The van der Waals surface area contributed by atoms with Gasteiger partial charge in [-0.2, -0.15) is 0 Å². The normalized spacial score (nSPS) is 29.8. The van der Waals surface area contributed by atoms with E-state index in [-0.39, 0.29) is 0 Å². The first-order chi connectivity index (χ1) is 8.29. The monoisotopic (exact) mass is 230 g/mol. The Kier molecular flexibility index (Phi) is 2.93. The summed E-state index contributed by atoms with van der Waals surface area (Å²) in [4.78, 5) is 2.45. The van der Waals surface area contributed by atoms with Crippen LogP contribution in [0.2, 0.25) is 0 Å².